The quantitative estimate of drug-likeness (QED) is 0.828. The molecule has 0 spiro atoms. The first-order valence-corrected chi connectivity index (χ1v) is 9.31. The van der Waals surface area contributed by atoms with Crippen molar-refractivity contribution in [2.75, 3.05) is 6.54 Å². The summed E-state index contributed by atoms with van der Waals surface area (Å²) in [6.45, 7) is 0.567. The van der Waals surface area contributed by atoms with Crippen molar-refractivity contribution in [1.82, 2.24) is 9.29 Å². The van der Waals surface area contributed by atoms with E-state index in [0.29, 0.717) is 10.8 Å². The highest BCUT2D eigenvalue weighted by Crippen LogP contribution is 2.38. The lowest BCUT2D eigenvalue weighted by Crippen LogP contribution is -2.30. The van der Waals surface area contributed by atoms with E-state index in [2.05, 4.69) is 20.9 Å². The number of hydrogen-bond acceptors (Lipinski definition) is 4. The number of hydrogen-bond donors (Lipinski definition) is 0. The Morgan fingerprint density at radius 3 is 2.85 bits per heavy atom. The van der Waals surface area contributed by atoms with Crippen LogP contribution in [0.3, 0.4) is 0 Å². The summed E-state index contributed by atoms with van der Waals surface area (Å²) in [5, 5.41) is 0. The summed E-state index contributed by atoms with van der Waals surface area (Å²) in [6.07, 6.45) is 5.18. The van der Waals surface area contributed by atoms with Crippen LogP contribution in [0.2, 0.25) is 0 Å². The topological polar surface area (TPSA) is 50.3 Å². The van der Waals surface area contributed by atoms with Gasteiger partial charge in [0.05, 0.1) is 9.83 Å². The zero-order valence-corrected chi connectivity index (χ0v) is 13.8. The van der Waals surface area contributed by atoms with Crippen LogP contribution in [0, 0.1) is 0 Å². The van der Waals surface area contributed by atoms with E-state index in [1.807, 2.05) is 12.1 Å². The van der Waals surface area contributed by atoms with Crippen molar-refractivity contribution >= 4 is 37.3 Å². The second kappa shape index (κ2) is 5.55. The highest BCUT2D eigenvalue weighted by molar-refractivity contribution is 9.11. The first-order chi connectivity index (χ1) is 9.59. The van der Waals surface area contributed by atoms with Crippen LogP contribution in [-0.2, 0) is 10.0 Å². The summed E-state index contributed by atoms with van der Waals surface area (Å²) in [5.74, 6) is 0. The third kappa shape index (κ3) is 2.55. The normalized spacial score (nSPS) is 20.4. The zero-order valence-electron chi connectivity index (χ0n) is 10.6. The molecular weight excluding hydrogens is 360 g/mol. The van der Waals surface area contributed by atoms with Gasteiger partial charge in [0.15, 0.2) is 0 Å². The maximum absolute atomic E-state index is 12.7. The fraction of sp³-hybridized carbons (Fsp3) is 0.308. The average Bonchev–Trinajstić information content (AvgIpc) is 3.08. The molecule has 1 aliphatic rings. The van der Waals surface area contributed by atoms with Crippen molar-refractivity contribution < 1.29 is 8.42 Å². The maximum Gasteiger partial charge on any atom is 0.253 e. The third-order valence-corrected chi connectivity index (χ3v) is 7.38. The van der Waals surface area contributed by atoms with Gasteiger partial charge in [-0.1, -0.05) is 6.07 Å². The molecule has 0 saturated carbocycles. The number of nitrogens with zero attached hydrogens (tertiary/aromatic N) is 2. The predicted octanol–water partition coefficient (Wildman–Crippen LogP) is 3.43. The first-order valence-electron chi connectivity index (χ1n) is 6.26. The Labute approximate surface area is 130 Å². The molecule has 2 aromatic heterocycles. The minimum absolute atomic E-state index is 0.102. The maximum atomic E-state index is 12.7. The summed E-state index contributed by atoms with van der Waals surface area (Å²) >= 11 is 4.57. The second-order valence-corrected chi connectivity index (χ2v) is 9.20. The van der Waals surface area contributed by atoms with Crippen LogP contribution < -0.4 is 0 Å². The Kier molecular flexibility index (Phi) is 3.94. The van der Waals surface area contributed by atoms with E-state index in [0.717, 1.165) is 22.2 Å². The largest absolute Gasteiger partial charge is 0.264 e. The van der Waals surface area contributed by atoms with Gasteiger partial charge >= 0.3 is 0 Å². The summed E-state index contributed by atoms with van der Waals surface area (Å²) in [5.41, 5.74) is 0.962. The van der Waals surface area contributed by atoms with E-state index < -0.39 is 10.0 Å². The van der Waals surface area contributed by atoms with Crippen LogP contribution in [0.15, 0.2) is 44.7 Å². The van der Waals surface area contributed by atoms with Gasteiger partial charge in [-0.2, -0.15) is 4.31 Å². The molecule has 3 rings (SSSR count). The molecule has 0 N–H and O–H groups in total. The summed E-state index contributed by atoms with van der Waals surface area (Å²) < 4.78 is 28.3. The lowest BCUT2D eigenvalue weighted by Gasteiger charge is -2.23. The van der Waals surface area contributed by atoms with Crippen molar-refractivity contribution in [1.29, 1.82) is 0 Å². The Morgan fingerprint density at radius 2 is 2.20 bits per heavy atom. The number of aromatic nitrogens is 1. The smallest absolute Gasteiger partial charge is 0.253 e. The van der Waals surface area contributed by atoms with Gasteiger partial charge in [-0.05, 0) is 52.5 Å². The molecule has 7 heteroatoms. The van der Waals surface area contributed by atoms with Gasteiger partial charge < -0.3 is 0 Å². The SMILES string of the molecule is O=S(=O)(c1ccc(Br)s1)N1CCCC1c1cccnc1. The highest BCUT2D eigenvalue weighted by atomic mass is 79.9. The molecule has 1 fully saturated rings. The standard InChI is InChI=1S/C13H13BrN2O2S2/c14-12-5-6-13(19-12)20(17,18)16-8-2-4-11(16)10-3-1-7-15-9-10/h1,3,5-7,9,11H,2,4,8H2. The van der Waals surface area contributed by atoms with Crippen molar-refractivity contribution in [3.8, 4) is 0 Å². The molecule has 0 amide bonds. The molecule has 1 saturated heterocycles. The molecule has 0 aromatic carbocycles. The number of halogens is 1. The molecule has 0 bridgehead atoms. The van der Waals surface area contributed by atoms with E-state index in [1.165, 1.54) is 11.3 Å². The minimum Gasteiger partial charge on any atom is -0.264 e. The van der Waals surface area contributed by atoms with E-state index in [9.17, 15) is 8.42 Å². The lowest BCUT2D eigenvalue weighted by molar-refractivity contribution is 0.397. The Balaban J connectivity index is 1.97. The van der Waals surface area contributed by atoms with Crippen LogP contribution in [-0.4, -0.2) is 24.3 Å². The lowest BCUT2D eigenvalue weighted by atomic mass is 10.1. The molecular formula is C13H13BrN2O2S2. The van der Waals surface area contributed by atoms with Crippen molar-refractivity contribution in [2.45, 2.75) is 23.1 Å². The number of thiophene rings is 1. The molecule has 1 aliphatic heterocycles. The van der Waals surface area contributed by atoms with Gasteiger partial charge in [-0.25, -0.2) is 8.42 Å². The van der Waals surface area contributed by atoms with Crippen LogP contribution >= 0.6 is 27.3 Å². The summed E-state index contributed by atoms with van der Waals surface area (Å²) in [4.78, 5) is 4.10. The summed E-state index contributed by atoms with van der Waals surface area (Å²) in [7, 11) is -3.42. The highest BCUT2D eigenvalue weighted by Gasteiger charge is 2.36. The Hall–Kier alpha value is -0.760. The molecule has 20 heavy (non-hydrogen) atoms. The van der Waals surface area contributed by atoms with E-state index >= 15 is 0 Å². The van der Waals surface area contributed by atoms with Gasteiger partial charge in [0.1, 0.15) is 4.21 Å². The molecule has 2 aromatic rings. The molecule has 1 unspecified atom stereocenters. The van der Waals surface area contributed by atoms with Crippen LogP contribution in [0.1, 0.15) is 24.4 Å². The van der Waals surface area contributed by atoms with Crippen molar-refractivity contribution in [3.05, 3.63) is 46.0 Å². The Morgan fingerprint density at radius 1 is 1.35 bits per heavy atom. The van der Waals surface area contributed by atoms with Crippen molar-refractivity contribution in [3.63, 3.8) is 0 Å². The zero-order chi connectivity index (χ0) is 14.2. The monoisotopic (exact) mass is 372 g/mol. The third-order valence-electron chi connectivity index (χ3n) is 3.38. The molecule has 106 valence electrons. The molecule has 0 radical (unpaired) electrons. The fourth-order valence-corrected chi connectivity index (χ4v) is 6.31. The minimum atomic E-state index is -3.42. The molecule has 4 nitrogen and oxygen atoms in total. The second-order valence-electron chi connectivity index (χ2n) is 4.62. The van der Waals surface area contributed by atoms with Gasteiger partial charge in [0.25, 0.3) is 10.0 Å². The van der Waals surface area contributed by atoms with Crippen LogP contribution in [0.5, 0.6) is 0 Å². The average molecular weight is 373 g/mol. The van der Waals surface area contributed by atoms with E-state index in [4.69, 9.17) is 0 Å². The first kappa shape index (κ1) is 14.2. The predicted molar refractivity (Wildman–Crippen MR) is 82.1 cm³/mol. The van der Waals surface area contributed by atoms with Crippen molar-refractivity contribution in [2.24, 2.45) is 0 Å². The van der Waals surface area contributed by atoms with Gasteiger partial charge in [0, 0.05) is 18.9 Å². The number of pyridine rings is 1. The van der Waals surface area contributed by atoms with Gasteiger partial charge in [-0.15, -0.1) is 11.3 Å². The molecule has 3 heterocycles. The molecule has 1 atom stereocenters. The summed E-state index contributed by atoms with van der Waals surface area (Å²) in [6, 6.07) is 7.11. The number of sulfonamides is 1. The number of rotatable bonds is 3. The fourth-order valence-electron chi connectivity index (χ4n) is 2.49. The van der Waals surface area contributed by atoms with E-state index in [1.54, 1.807) is 28.8 Å². The molecule has 0 aliphatic carbocycles. The van der Waals surface area contributed by atoms with E-state index in [-0.39, 0.29) is 6.04 Å². The van der Waals surface area contributed by atoms with Crippen LogP contribution in [0.4, 0.5) is 0 Å². The van der Waals surface area contributed by atoms with Crippen LogP contribution in [0.25, 0.3) is 0 Å². The Bertz CT molecular complexity index is 700. The van der Waals surface area contributed by atoms with Gasteiger partial charge in [0.2, 0.25) is 0 Å². The van der Waals surface area contributed by atoms with Gasteiger partial charge in [-0.3, -0.25) is 4.98 Å².